The summed E-state index contributed by atoms with van der Waals surface area (Å²) >= 11 is 0. The first-order valence-electron chi connectivity index (χ1n) is 11.3. The van der Waals surface area contributed by atoms with Crippen LogP contribution in [0.3, 0.4) is 0 Å². The summed E-state index contributed by atoms with van der Waals surface area (Å²) in [6, 6.07) is 22.0. The standard InChI is InChI=1S/C27H25N3O4/c31-25(28-17-19-9-11-20(12-10-19)27(33)29-13-15-34-16-14-29)18-30-23-7-3-1-5-21(23)26(32)22-6-2-4-8-24(22)30/h1-12H,13-18H2,(H,28,31). The minimum Gasteiger partial charge on any atom is -0.378 e. The molecule has 1 aromatic heterocycles. The lowest BCUT2D eigenvalue weighted by Crippen LogP contribution is -2.40. The normalized spacial score (nSPS) is 13.8. The fourth-order valence-electron chi connectivity index (χ4n) is 4.36. The van der Waals surface area contributed by atoms with Crippen LogP contribution in [0.4, 0.5) is 0 Å². The van der Waals surface area contributed by atoms with E-state index in [2.05, 4.69) is 5.32 Å². The minimum absolute atomic E-state index is 0.00383. The second kappa shape index (κ2) is 9.49. The number of fused-ring (bicyclic) bond motifs is 2. The van der Waals surface area contributed by atoms with Crippen LogP contribution in [0.2, 0.25) is 0 Å². The molecule has 0 aliphatic carbocycles. The monoisotopic (exact) mass is 455 g/mol. The summed E-state index contributed by atoms with van der Waals surface area (Å²) in [5.74, 6) is -0.164. The first-order valence-corrected chi connectivity index (χ1v) is 11.3. The molecule has 34 heavy (non-hydrogen) atoms. The van der Waals surface area contributed by atoms with Crippen LogP contribution in [-0.4, -0.2) is 47.6 Å². The van der Waals surface area contributed by atoms with Crippen molar-refractivity contribution in [2.45, 2.75) is 13.1 Å². The number of hydrogen-bond acceptors (Lipinski definition) is 4. The topological polar surface area (TPSA) is 80.6 Å². The van der Waals surface area contributed by atoms with Gasteiger partial charge >= 0.3 is 0 Å². The van der Waals surface area contributed by atoms with Gasteiger partial charge in [-0.3, -0.25) is 14.4 Å². The largest absolute Gasteiger partial charge is 0.378 e. The van der Waals surface area contributed by atoms with Crippen molar-refractivity contribution in [3.05, 3.63) is 94.1 Å². The third-order valence-electron chi connectivity index (χ3n) is 6.17. The fraction of sp³-hybridized carbons (Fsp3) is 0.222. The summed E-state index contributed by atoms with van der Waals surface area (Å²) in [6.07, 6.45) is 0. The van der Waals surface area contributed by atoms with Gasteiger partial charge in [0.1, 0.15) is 6.54 Å². The number of aromatic nitrogens is 1. The van der Waals surface area contributed by atoms with Crippen LogP contribution >= 0.6 is 0 Å². The van der Waals surface area contributed by atoms with Gasteiger partial charge in [0.2, 0.25) is 5.91 Å². The molecule has 172 valence electrons. The second-order valence-corrected chi connectivity index (χ2v) is 8.33. The van der Waals surface area contributed by atoms with Gasteiger partial charge in [-0.2, -0.15) is 0 Å². The number of morpholine rings is 1. The molecule has 7 nitrogen and oxygen atoms in total. The van der Waals surface area contributed by atoms with Crippen LogP contribution in [0.1, 0.15) is 15.9 Å². The molecule has 2 amide bonds. The van der Waals surface area contributed by atoms with Gasteiger partial charge in [0.05, 0.1) is 24.2 Å². The van der Waals surface area contributed by atoms with E-state index in [9.17, 15) is 14.4 Å². The number of nitrogens with one attached hydrogen (secondary N) is 1. The van der Waals surface area contributed by atoms with Crippen molar-refractivity contribution in [3.63, 3.8) is 0 Å². The highest BCUT2D eigenvalue weighted by atomic mass is 16.5. The molecule has 2 heterocycles. The quantitative estimate of drug-likeness (QED) is 0.469. The van der Waals surface area contributed by atoms with Gasteiger partial charge in [-0.15, -0.1) is 0 Å². The maximum absolute atomic E-state index is 12.9. The molecule has 4 aromatic rings. The van der Waals surface area contributed by atoms with Crippen molar-refractivity contribution in [2.75, 3.05) is 26.3 Å². The smallest absolute Gasteiger partial charge is 0.254 e. The van der Waals surface area contributed by atoms with E-state index in [1.54, 1.807) is 29.2 Å². The molecule has 3 aromatic carbocycles. The minimum atomic E-state index is -0.160. The summed E-state index contributed by atoms with van der Waals surface area (Å²) in [5, 5.41) is 4.14. The van der Waals surface area contributed by atoms with E-state index in [1.165, 1.54) is 0 Å². The number of rotatable bonds is 5. The molecule has 1 saturated heterocycles. The number of carbonyl (C=O) groups excluding carboxylic acids is 2. The molecule has 1 fully saturated rings. The van der Waals surface area contributed by atoms with Crippen LogP contribution < -0.4 is 10.7 Å². The van der Waals surface area contributed by atoms with E-state index in [4.69, 9.17) is 4.74 Å². The highest BCUT2D eigenvalue weighted by Gasteiger charge is 2.18. The Kier molecular flexibility index (Phi) is 6.10. The summed E-state index contributed by atoms with van der Waals surface area (Å²) < 4.78 is 7.18. The number of amides is 2. The van der Waals surface area contributed by atoms with Gasteiger partial charge in [-0.1, -0.05) is 36.4 Å². The molecule has 0 atom stereocenters. The maximum atomic E-state index is 12.9. The maximum Gasteiger partial charge on any atom is 0.254 e. The molecular formula is C27H25N3O4. The Labute approximate surface area is 196 Å². The fourth-order valence-corrected chi connectivity index (χ4v) is 4.36. The molecule has 0 unspecified atom stereocenters. The number of nitrogens with zero attached hydrogens (tertiary/aromatic N) is 2. The van der Waals surface area contributed by atoms with Crippen LogP contribution in [0.5, 0.6) is 0 Å². The first-order chi connectivity index (χ1) is 16.6. The zero-order valence-electron chi connectivity index (χ0n) is 18.7. The van der Waals surface area contributed by atoms with Crippen molar-refractivity contribution in [2.24, 2.45) is 0 Å². The van der Waals surface area contributed by atoms with Crippen molar-refractivity contribution in [1.82, 2.24) is 14.8 Å². The molecule has 7 heteroatoms. The van der Waals surface area contributed by atoms with Gasteiger partial charge < -0.3 is 19.5 Å². The number of ether oxygens (including phenoxy) is 1. The van der Waals surface area contributed by atoms with Gasteiger partial charge in [0, 0.05) is 36.0 Å². The van der Waals surface area contributed by atoms with Crippen molar-refractivity contribution in [3.8, 4) is 0 Å². The summed E-state index contributed by atoms with van der Waals surface area (Å²) in [6.45, 7) is 2.78. The highest BCUT2D eigenvalue weighted by Crippen LogP contribution is 2.19. The van der Waals surface area contributed by atoms with Gasteiger partial charge in [-0.05, 0) is 42.0 Å². The third kappa shape index (κ3) is 4.30. The summed E-state index contributed by atoms with van der Waals surface area (Å²) in [4.78, 5) is 40.1. The number of hydrogen-bond donors (Lipinski definition) is 1. The van der Waals surface area contributed by atoms with E-state index in [1.807, 2.05) is 53.1 Å². The zero-order chi connectivity index (χ0) is 23.5. The van der Waals surface area contributed by atoms with Crippen molar-refractivity contribution < 1.29 is 14.3 Å². The zero-order valence-corrected chi connectivity index (χ0v) is 18.7. The lowest BCUT2D eigenvalue weighted by molar-refractivity contribution is -0.121. The lowest BCUT2D eigenvalue weighted by atomic mass is 10.1. The van der Waals surface area contributed by atoms with Gasteiger partial charge in [-0.25, -0.2) is 0 Å². The predicted octanol–water partition coefficient (Wildman–Crippen LogP) is 2.94. The van der Waals surface area contributed by atoms with Crippen molar-refractivity contribution in [1.29, 1.82) is 0 Å². The number of para-hydroxylation sites is 2. The second-order valence-electron chi connectivity index (χ2n) is 8.33. The van der Waals surface area contributed by atoms with Gasteiger partial charge in [0.15, 0.2) is 5.43 Å². The number of pyridine rings is 1. The molecule has 0 spiro atoms. The average Bonchev–Trinajstić information content (AvgIpc) is 2.90. The van der Waals surface area contributed by atoms with Crippen LogP contribution in [-0.2, 0) is 22.6 Å². The number of carbonyl (C=O) groups is 2. The molecule has 5 rings (SSSR count). The van der Waals surface area contributed by atoms with Crippen LogP contribution in [0.15, 0.2) is 77.6 Å². The number of benzene rings is 3. The SMILES string of the molecule is O=C(Cn1c2ccccc2c(=O)c2ccccc21)NCc1ccc(C(=O)N2CCOCC2)cc1. The Morgan fingerprint density at radius 3 is 2.03 bits per heavy atom. The summed E-state index contributed by atoms with van der Waals surface area (Å²) in [5.41, 5.74) is 2.96. The Hall–Kier alpha value is -3.97. The Bertz CT molecular complexity index is 1360. The Morgan fingerprint density at radius 1 is 0.824 bits per heavy atom. The van der Waals surface area contributed by atoms with E-state index in [0.29, 0.717) is 49.2 Å². The van der Waals surface area contributed by atoms with E-state index < -0.39 is 0 Å². The average molecular weight is 456 g/mol. The molecular weight excluding hydrogens is 430 g/mol. The van der Waals surface area contributed by atoms with E-state index >= 15 is 0 Å². The van der Waals surface area contributed by atoms with Crippen molar-refractivity contribution >= 4 is 33.6 Å². The lowest BCUT2D eigenvalue weighted by Gasteiger charge is -2.26. The Balaban J connectivity index is 1.30. The predicted molar refractivity (Wildman–Crippen MR) is 131 cm³/mol. The molecule has 1 N–H and O–H groups in total. The third-order valence-corrected chi connectivity index (χ3v) is 6.17. The highest BCUT2D eigenvalue weighted by molar-refractivity contribution is 5.95. The van der Waals surface area contributed by atoms with Crippen LogP contribution in [0.25, 0.3) is 21.8 Å². The van der Waals surface area contributed by atoms with E-state index in [-0.39, 0.29) is 23.8 Å². The van der Waals surface area contributed by atoms with Crippen LogP contribution in [0, 0.1) is 0 Å². The first kappa shape index (κ1) is 21.9. The molecule has 0 radical (unpaired) electrons. The van der Waals surface area contributed by atoms with Gasteiger partial charge in [0.25, 0.3) is 5.91 Å². The molecule has 1 aliphatic rings. The molecule has 0 bridgehead atoms. The Morgan fingerprint density at radius 2 is 1.41 bits per heavy atom. The summed E-state index contributed by atoms with van der Waals surface area (Å²) in [7, 11) is 0. The molecule has 0 saturated carbocycles. The molecule has 1 aliphatic heterocycles. The van der Waals surface area contributed by atoms with E-state index in [0.717, 1.165) is 16.6 Å².